The maximum atomic E-state index is 10.9. The van der Waals surface area contributed by atoms with Gasteiger partial charge in [-0.1, -0.05) is 20.3 Å². The van der Waals surface area contributed by atoms with Gasteiger partial charge in [0.15, 0.2) is 0 Å². The Morgan fingerprint density at radius 1 is 1.29 bits per heavy atom. The van der Waals surface area contributed by atoms with Gasteiger partial charge in [-0.05, 0) is 18.6 Å². The fourth-order valence-electron chi connectivity index (χ4n) is 1.22. The zero-order chi connectivity index (χ0) is 13.5. The molecule has 0 amide bonds. The summed E-state index contributed by atoms with van der Waals surface area (Å²) < 4.78 is 21.8. The first-order valence-electron chi connectivity index (χ1n) is 5.75. The number of nitrogens with one attached hydrogen (secondary N) is 1. The van der Waals surface area contributed by atoms with E-state index < -0.39 is 9.84 Å². The second-order valence-electron chi connectivity index (χ2n) is 5.00. The molecule has 0 aliphatic rings. The molecule has 0 fully saturated rings. The molecule has 3 N–H and O–H groups in total. The summed E-state index contributed by atoms with van der Waals surface area (Å²) in [5, 5.41) is 7.42. The van der Waals surface area contributed by atoms with E-state index in [-0.39, 0.29) is 17.0 Å². The van der Waals surface area contributed by atoms with Crippen molar-refractivity contribution in [3.05, 3.63) is 0 Å². The van der Waals surface area contributed by atoms with E-state index >= 15 is 0 Å². The Hall–Kier alpha value is -0.230. The van der Waals surface area contributed by atoms with Crippen molar-refractivity contribution in [2.75, 3.05) is 23.5 Å². The van der Waals surface area contributed by atoms with E-state index in [0.717, 1.165) is 25.0 Å². The van der Waals surface area contributed by atoms with E-state index in [2.05, 4.69) is 0 Å². The van der Waals surface area contributed by atoms with Crippen molar-refractivity contribution in [1.29, 1.82) is 5.41 Å². The fourth-order valence-corrected chi connectivity index (χ4v) is 3.51. The summed E-state index contributed by atoms with van der Waals surface area (Å²) in [5.41, 5.74) is 5.28. The Kier molecular flexibility index (Phi) is 7.16. The van der Waals surface area contributed by atoms with Gasteiger partial charge in [-0.15, -0.1) is 0 Å². The highest BCUT2D eigenvalue weighted by Gasteiger charge is 2.20. The second-order valence-corrected chi connectivity index (χ2v) is 8.48. The third-order valence-electron chi connectivity index (χ3n) is 2.67. The third kappa shape index (κ3) is 9.47. The lowest BCUT2D eigenvalue weighted by molar-refractivity contribution is 0.448. The molecule has 102 valence electrons. The molecule has 0 aromatic rings. The van der Waals surface area contributed by atoms with Crippen LogP contribution in [0.15, 0.2) is 0 Å². The summed E-state index contributed by atoms with van der Waals surface area (Å²) in [5.74, 6) is 2.15. The highest BCUT2D eigenvalue weighted by molar-refractivity contribution is 8.00. The lowest BCUT2D eigenvalue weighted by Gasteiger charge is -2.22. The van der Waals surface area contributed by atoms with Crippen molar-refractivity contribution >= 4 is 27.4 Å². The molecule has 0 rings (SSSR count). The first kappa shape index (κ1) is 16.8. The van der Waals surface area contributed by atoms with Gasteiger partial charge in [0.1, 0.15) is 9.84 Å². The van der Waals surface area contributed by atoms with E-state index in [1.165, 1.54) is 6.26 Å². The average molecular weight is 280 g/mol. The van der Waals surface area contributed by atoms with Gasteiger partial charge in [-0.25, -0.2) is 8.42 Å². The maximum absolute atomic E-state index is 10.9. The lowest BCUT2D eigenvalue weighted by atomic mass is 9.86. The molecule has 0 heterocycles. The molecule has 0 unspecified atom stereocenters. The summed E-state index contributed by atoms with van der Waals surface area (Å²) in [6.07, 6.45) is 4.25. The van der Waals surface area contributed by atoms with Crippen molar-refractivity contribution in [3.8, 4) is 0 Å². The minimum atomic E-state index is -2.82. The highest BCUT2D eigenvalue weighted by atomic mass is 32.2. The number of sulfone groups is 1. The van der Waals surface area contributed by atoms with Gasteiger partial charge in [0, 0.05) is 17.4 Å². The number of thioether (sulfide) groups is 1. The standard InChI is InChI=1S/C11H24N2O2S2/c1-11(2,10(12)13)6-4-5-7-16-8-9-17(3,14)15/h4-9H2,1-3H3,(H3,12,13). The summed E-state index contributed by atoms with van der Waals surface area (Å²) in [6.45, 7) is 3.96. The van der Waals surface area contributed by atoms with Crippen LogP contribution < -0.4 is 5.73 Å². The van der Waals surface area contributed by atoms with Crippen molar-refractivity contribution in [2.24, 2.45) is 11.1 Å². The molecular weight excluding hydrogens is 256 g/mol. The molecule has 0 aromatic carbocycles. The van der Waals surface area contributed by atoms with Crippen LogP contribution in [-0.2, 0) is 9.84 Å². The quantitative estimate of drug-likeness (QED) is 0.384. The van der Waals surface area contributed by atoms with Crippen molar-refractivity contribution in [1.82, 2.24) is 0 Å². The molecule has 0 aliphatic heterocycles. The number of hydrogen-bond donors (Lipinski definition) is 2. The van der Waals surface area contributed by atoms with Gasteiger partial charge >= 0.3 is 0 Å². The normalized spacial score (nSPS) is 12.6. The molecule has 0 spiro atoms. The monoisotopic (exact) mass is 280 g/mol. The van der Waals surface area contributed by atoms with Gasteiger partial charge in [0.25, 0.3) is 0 Å². The number of amidine groups is 1. The molecule has 0 radical (unpaired) electrons. The second kappa shape index (κ2) is 7.26. The number of rotatable bonds is 9. The number of nitrogens with two attached hydrogens (primary N) is 1. The van der Waals surface area contributed by atoms with Crippen molar-refractivity contribution in [3.63, 3.8) is 0 Å². The Morgan fingerprint density at radius 2 is 1.88 bits per heavy atom. The van der Waals surface area contributed by atoms with Gasteiger partial charge < -0.3 is 5.73 Å². The molecular formula is C11H24N2O2S2. The van der Waals surface area contributed by atoms with Crippen LogP contribution in [-0.4, -0.2) is 37.8 Å². The SMILES string of the molecule is CC(C)(CCCCSCCS(C)(=O)=O)C(=N)N. The smallest absolute Gasteiger partial charge is 0.148 e. The summed E-state index contributed by atoms with van der Waals surface area (Å²) in [4.78, 5) is 0. The molecule has 0 aromatic heterocycles. The van der Waals surface area contributed by atoms with Crippen LogP contribution in [0.1, 0.15) is 33.1 Å². The van der Waals surface area contributed by atoms with E-state index in [0.29, 0.717) is 5.75 Å². The minimum absolute atomic E-state index is 0.211. The van der Waals surface area contributed by atoms with Crippen molar-refractivity contribution in [2.45, 2.75) is 33.1 Å². The molecule has 0 saturated heterocycles. The van der Waals surface area contributed by atoms with Gasteiger partial charge in [0.2, 0.25) is 0 Å². The van der Waals surface area contributed by atoms with Gasteiger partial charge in [-0.2, -0.15) is 11.8 Å². The maximum Gasteiger partial charge on any atom is 0.148 e. The van der Waals surface area contributed by atoms with E-state index in [1.807, 2.05) is 13.8 Å². The average Bonchev–Trinajstić information content (AvgIpc) is 2.14. The van der Waals surface area contributed by atoms with E-state index in [1.54, 1.807) is 11.8 Å². The molecule has 0 saturated carbocycles. The van der Waals surface area contributed by atoms with Gasteiger partial charge in [0.05, 0.1) is 11.6 Å². The first-order valence-corrected chi connectivity index (χ1v) is 8.97. The van der Waals surface area contributed by atoms with E-state index in [4.69, 9.17) is 11.1 Å². The Labute approximate surface area is 109 Å². The predicted molar refractivity (Wildman–Crippen MR) is 76.6 cm³/mol. The Morgan fingerprint density at radius 3 is 2.35 bits per heavy atom. The molecule has 0 bridgehead atoms. The third-order valence-corrected chi connectivity index (χ3v) is 4.94. The summed E-state index contributed by atoms with van der Waals surface area (Å²) in [6, 6.07) is 0. The van der Waals surface area contributed by atoms with E-state index in [9.17, 15) is 8.42 Å². The van der Waals surface area contributed by atoms with Crippen LogP contribution in [0, 0.1) is 10.8 Å². The Bertz CT molecular complexity index is 337. The number of unbranched alkanes of at least 4 members (excludes halogenated alkanes) is 1. The topological polar surface area (TPSA) is 84.0 Å². The predicted octanol–water partition coefficient (Wildman–Crippen LogP) is 1.90. The summed E-state index contributed by atoms with van der Waals surface area (Å²) in [7, 11) is -2.82. The molecule has 6 heteroatoms. The Balaban J connectivity index is 3.51. The van der Waals surface area contributed by atoms with Crippen molar-refractivity contribution < 1.29 is 8.42 Å². The minimum Gasteiger partial charge on any atom is -0.387 e. The zero-order valence-corrected chi connectivity index (χ0v) is 12.6. The summed E-state index contributed by atoms with van der Waals surface area (Å²) >= 11 is 1.68. The van der Waals surface area contributed by atoms with Crippen LogP contribution in [0.2, 0.25) is 0 Å². The molecule has 4 nitrogen and oxygen atoms in total. The van der Waals surface area contributed by atoms with Gasteiger partial charge in [-0.3, -0.25) is 5.41 Å². The zero-order valence-electron chi connectivity index (χ0n) is 11.0. The highest BCUT2D eigenvalue weighted by Crippen LogP contribution is 2.23. The van der Waals surface area contributed by atoms with Crippen LogP contribution in [0.4, 0.5) is 0 Å². The van der Waals surface area contributed by atoms with Crippen LogP contribution in [0.25, 0.3) is 0 Å². The van der Waals surface area contributed by atoms with Crippen LogP contribution >= 0.6 is 11.8 Å². The fraction of sp³-hybridized carbons (Fsp3) is 0.909. The lowest BCUT2D eigenvalue weighted by Crippen LogP contribution is -2.30. The largest absolute Gasteiger partial charge is 0.387 e. The molecule has 0 atom stereocenters. The molecule has 0 aliphatic carbocycles. The van der Waals surface area contributed by atoms with Crippen LogP contribution in [0.3, 0.4) is 0 Å². The molecule has 17 heavy (non-hydrogen) atoms. The first-order chi connectivity index (χ1) is 7.65. The number of hydrogen-bond acceptors (Lipinski definition) is 4. The van der Waals surface area contributed by atoms with Crippen LogP contribution in [0.5, 0.6) is 0 Å².